The summed E-state index contributed by atoms with van der Waals surface area (Å²) in [6.45, 7) is 0.137. The van der Waals surface area contributed by atoms with Crippen molar-refractivity contribution in [3.63, 3.8) is 0 Å². The number of nitrogens with zero attached hydrogens (tertiary/aromatic N) is 1. The van der Waals surface area contributed by atoms with Crippen LogP contribution in [0.5, 0.6) is 11.5 Å². The lowest BCUT2D eigenvalue weighted by Gasteiger charge is -2.38. The number of halogens is 1. The summed E-state index contributed by atoms with van der Waals surface area (Å²) < 4.78 is 11.6. The van der Waals surface area contributed by atoms with Gasteiger partial charge >= 0.3 is 0 Å². The van der Waals surface area contributed by atoms with Crippen molar-refractivity contribution in [1.29, 1.82) is 0 Å². The minimum absolute atomic E-state index is 0.0397. The Kier molecular flexibility index (Phi) is 6.67. The molecule has 0 radical (unpaired) electrons. The number of carboxylic acid groups (broad SMARTS) is 1. The molecule has 2 atom stereocenters. The van der Waals surface area contributed by atoms with Gasteiger partial charge in [0.25, 0.3) is 0 Å². The first kappa shape index (κ1) is 24.3. The van der Waals surface area contributed by atoms with E-state index in [2.05, 4.69) is 0 Å². The lowest BCUT2D eigenvalue weighted by atomic mass is 9.67. The second kappa shape index (κ2) is 9.90. The maximum absolute atomic E-state index is 13.1. The number of ketones is 2. The quantitative estimate of drug-likeness (QED) is 0.581. The molecule has 0 spiro atoms. The fourth-order valence-corrected chi connectivity index (χ4v) is 5.68. The van der Waals surface area contributed by atoms with Gasteiger partial charge in [0, 0.05) is 35.7 Å². The minimum Gasteiger partial charge on any atom is -0.545 e. The molecule has 8 heteroatoms. The summed E-state index contributed by atoms with van der Waals surface area (Å²) >= 11 is 6.68. The lowest BCUT2D eigenvalue weighted by Crippen LogP contribution is -2.39. The van der Waals surface area contributed by atoms with Crippen LogP contribution in [-0.4, -0.2) is 30.4 Å². The molecule has 2 aromatic carbocycles. The van der Waals surface area contributed by atoms with Crippen molar-refractivity contribution in [3.8, 4) is 11.5 Å². The molecule has 2 aromatic rings. The van der Waals surface area contributed by atoms with Crippen molar-refractivity contribution in [1.82, 2.24) is 0 Å². The third-order valence-corrected chi connectivity index (χ3v) is 7.38. The van der Waals surface area contributed by atoms with Gasteiger partial charge < -0.3 is 19.4 Å². The van der Waals surface area contributed by atoms with Crippen LogP contribution in [0.1, 0.15) is 65.9 Å². The Labute approximate surface area is 213 Å². The van der Waals surface area contributed by atoms with Gasteiger partial charge in [0.2, 0.25) is 0 Å². The number of hydrogen-bond donors (Lipinski definition) is 0. The summed E-state index contributed by atoms with van der Waals surface area (Å²) in [5, 5.41) is 11.3. The van der Waals surface area contributed by atoms with Crippen molar-refractivity contribution in [2.45, 2.75) is 51.0 Å². The van der Waals surface area contributed by atoms with E-state index in [1.807, 2.05) is 0 Å². The first-order valence-corrected chi connectivity index (χ1v) is 12.4. The van der Waals surface area contributed by atoms with Gasteiger partial charge in [-0.05, 0) is 54.5 Å². The number of carboxylic acids is 1. The van der Waals surface area contributed by atoms with E-state index in [0.717, 1.165) is 48.2 Å². The number of fused-ring (bicyclic) bond motifs is 1. The molecule has 0 N–H and O–H groups in total. The number of rotatable bonds is 6. The number of aliphatic imine (C=N–C) groups is 1. The van der Waals surface area contributed by atoms with Crippen LogP contribution in [-0.2, 0) is 16.2 Å². The van der Waals surface area contributed by atoms with E-state index in [4.69, 9.17) is 26.1 Å². The summed E-state index contributed by atoms with van der Waals surface area (Å²) in [6.07, 6.45) is 3.94. The minimum atomic E-state index is -1.25. The first-order chi connectivity index (χ1) is 17.4. The number of carbonyl (C=O) groups excluding carboxylic acids is 3. The monoisotopic (exact) mass is 506 g/mol. The van der Waals surface area contributed by atoms with Crippen LogP contribution in [0.4, 0.5) is 0 Å². The standard InChI is InChI=1S/C28H26ClNO6/c1-35-23-13-17(12-18(29)27(23)36-14-15-8-10-16(11-9-15)28(33)34)24-25-19(4-2-6-21(25)31)30-20-5-3-7-22(32)26(20)24/h8-13,24-25H,2-7,14H2,1H3,(H,33,34)/p-1/t24-,25?/m0/s1. The van der Waals surface area contributed by atoms with E-state index >= 15 is 0 Å². The molecule has 3 aliphatic rings. The molecule has 1 aliphatic heterocycles. The third-order valence-electron chi connectivity index (χ3n) is 7.10. The van der Waals surface area contributed by atoms with Crippen molar-refractivity contribution in [2.75, 3.05) is 7.11 Å². The fraction of sp³-hybridized carbons (Fsp3) is 0.357. The average molecular weight is 507 g/mol. The molecule has 36 heavy (non-hydrogen) atoms. The summed E-state index contributed by atoms with van der Waals surface area (Å²) in [5.41, 5.74) is 3.85. The Morgan fingerprint density at radius 3 is 2.53 bits per heavy atom. The van der Waals surface area contributed by atoms with Crippen LogP contribution in [0.25, 0.3) is 0 Å². The second-order valence-electron chi connectivity index (χ2n) is 9.32. The predicted molar refractivity (Wildman–Crippen MR) is 132 cm³/mol. The van der Waals surface area contributed by atoms with Crippen molar-refractivity contribution in [2.24, 2.45) is 10.9 Å². The van der Waals surface area contributed by atoms with Gasteiger partial charge in [-0.3, -0.25) is 14.6 Å². The number of benzene rings is 2. The summed E-state index contributed by atoms with van der Waals surface area (Å²) in [4.78, 5) is 41.9. The molecule has 0 bridgehead atoms. The Balaban J connectivity index is 1.50. The van der Waals surface area contributed by atoms with E-state index in [-0.39, 0.29) is 23.7 Å². The first-order valence-electron chi connectivity index (χ1n) is 12.0. The van der Waals surface area contributed by atoms with Crippen LogP contribution in [0.2, 0.25) is 5.02 Å². The molecule has 1 unspecified atom stereocenters. The van der Waals surface area contributed by atoms with Gasteiger partial charge in [0.05, 0.1) is 24.0 Å². The number of Topliss-reactive ketones (excluding diaryl/α,β-unsaturated/α-hetero) is 2. The Morgan fingerprint density at radius 1 is 1.06 bits per heavy atom. The SMILES string of the molecule is COc1cc([C@@H]2C3=C(CCCC3=O)N=C3CCCC(=O)C32)cc(Cl)c1OCc1ccc(C(=O)[O-])cc1. The zero-order valence-corrected chi connectivity index (χ0v) is 20.6. The zero-order valence-electron chi connectivity index (χ0n) is 19.8. The molecule has 2 aliphatic carbocycles. The molecule has 0 aromatic heterocycles. The van der Waals surface area contributed by atoms with Crippen molar-refractivity contribution >= 4 is 34.8 Å². The smallest absolute Gasteiger partial charge is 0.180 e. The van der Waals surface area contributed by atoms with E-state index in [1.54, 1.807) is 24.3 Å². The number of allylic oxidation sites excluding steroid dienone is 2. The Bertz CT molecular complexity index is 1310. The van der Waals surface area contributed by atoms with Crippen molar-refractivity contribution < 1.29 is 29.0 Å². The summed E-state index contributed by atoms with van der Waals surface area (Å²) in [7, 11) is 1.51. The highest BCUT2D eigenvalue weighted by molar-refractivity contribution is 6.32. The zero-order chi connectivity index (χ0) is 25.4. The van der Waals surface area contributed by atoms with Gasteiger partial charge in [-0.1, -0.05) is 35.9 Å². The Hall–Kier alpha value is -3.45. The number of aromatic carboxylic acids is 1. The van der Waals surface area contributed by atoms with Crippen LogP contribution in [0.3, 0.4) is 0 Å². The maximum atomic E-state index is 13.1. The number of ether oxygens (including phenoxy) is 2. The van der Waals surface area contributed by atoms with Gasteiger partial charge in [0.15, 0.2) is 17.3 Å². The summed E-state index contributed by atoms with van der Waals surface area (Å²) in [5.74, 6) is -1.29. The van der Waals surface area contributed by atoms with E-state index in [0.29, 0.717) is 34.9 Å². The molecular weight excluding hydrogens is 482 g/mol. The van der Waals surface area contributed by atoms with Gasteiger partial charge in [-0.25, -0.2) is 0 Å². The molecule has 5 rings (SSSR count). The van der Waals surface area contributed by atoms with Gasteiger partial charge in [0.1, 0.15) is 12.4 Å². The average Bonchev–Trinajstić information content (AvgIpc) is 2.87. The Morgan fingerprint density at radius 2 is 1.81 bits per heavy atom. The lowest BCUT2D eigenvalue weighted by molar-refractivity contribution is -0.255. The van der Waals surface area contributed by atoms with Crippen LogP contribution in [0, 0.1) is 5.92 Å². The summed E-state index contributed by atoms with van der Waals surface area (Å²) in [6, 6.07) is 9.72. The maximum Gasteiger partial charge on any atom is 0.180 e. The number of carbonyl (C=O) groups is 3. The largest absolute Gasteiger partial charge is 0.545 e. The fourth-order valence-electron chi connectivity index (χ4n) is 5.41. The highest BCUT2D eigenvalue weighted by Gasteiger charge is 2.44. The van der Waals surface area contributed by atoms with Crippen LogP contribution in [0.15, 0.2) is 52.7 Å². The van der Waals surface area contributed by atoms with E-state index in [1.165, 1.54) is 19.2 Å². The molecule has 1 saturated carbocycles. The predicted octanol–water partition coefficient (Wildman–Crippen LogP) is 4.21. The molecule has 0 amide bonds. The van der Waals surface area contributed by atoms with Crippen LogP contribution >= 0.6 is 11.6 Å². The third kappa shape index (κ3) is 4.44. The topological polar surface area (TPSA) is 105 Å². The van der Waals surface area contributed by atoms with E-state index in [9.17, 15) is 19.5 Å². The highest BCUT2D eigenvalue weighted by atomic mass is 35.5. The molecule has 7 nitrogen and oxygen atoms in total. The molecule has 1 heterocycles. The van der Waals surface area contributed by atoms with Crippen molar-refractivity contribution in [3.05, 3.63) is 69.4 Å². The molecule has 186 valence electrons. The second-order valence-corrected chi connectivity index (χ2v) is 9.73. The molecule has 0 saturated heterocycles. The van der Waals surface area contributed by atoms with E-state index < -0.39 is 17.8 Å². The van der Waals surface area contributed by atoms with Gasteiger partial charge in [-0.2, -0.15) is 0 Å². The number of hydrogen-bond acceptors (Lipinski definition) is 7. The van der Waals surface area contributed by atoms with Crippen LogP contribution < -0.4 is 14.6 Å². The normalized spacial score (nSPS) is 21.4. The number of methoxy groups -OCH3 is 1. The highest BCUT2D eigenvalue weighted by Crippen LogP contribution is 2.48. The molecular formula is C28H25ClNO6-. The molecule has 1 fully saturated rings. The van der Waals surface area contributed by atoms with Gasteiger partial charge in [-0.15, -0.1) is 0 Å².